The maximum Gasteiger partial charge on any atom is 0.241 e. The van der Waals surface area contributed by atoms with Crippen LogP contribution in [0.4, 0.5) is 0 Å². The Hall–Kier alpha value is -1.22. The molecule has 0 spiro atoms. The fourth-order valence-electron chi connectivity index (χ4n) is 7.98. The van der Waals surface area contributed by atoms with Gasteiger partial charge >= 0.3 is 0 Å². The summed E-state index contributed by atoms with van der Waals surface area (Å²) in [4.78, 5) is 28.8. The minimum absolute atomic E-state index is 0.0404. The lowest BCUT2D eigenvalue weighted by Crippen LogP contribution is -2.45. The van der Waals surface area contributed by atoms with Crippen molar-refractivity contribution in [3.63, 3.8) is 0 Å². The van der Waals surface area contributed by atoms with Gasteiger partial charge in [-0.05, 0) is 51.7 Å². The zero-order valence-electron chi connectivity index (χ0n) is 38.6. The van der Waals surface area contributed by atoms with Gasteiger partial charge in [-0.25, -0.2) is 0 Å². The summed E-state index contributed by atoms with van der Waals surface area (Å²) < 4.78 is 0. The average Bonchev–Trinajstić information content (AvgIpc) is 3.22. The van der Waals surface area contributed by atoms with Gasteiger partial charge in [-0.15, -0.1) is 0 Å². The van der Waals surface area contributed by atoms with E-state index in [-0.39, 0.29) is 24.3 Å². The van der Waals surface area contributed by atoms with Crippen molar-refractivity contribution >= 4 is 11.8 Å². The largest absolute Gasteiger partial charge is 0.347 e. The monoisotopic (exact) mass is 807 g/mol. The molecule has 0 bridgehead atoms. The molecule has 0 heterocycles. The Kier molecular flexibility index (Phi) is 46.4. The van der Waals surface area contributed by atoms with Gasteiger partial charge in [0.15, 0.2) is 0 Å². The van der Waals surface area contributed by atoms with E-state index >= 15 is 0 Å². The molecule has 0 aliphatic rings. The molecule has 0 aliphatic carbocycles. The zero-order valence-corrected chi connectivity index (χ0v) is 38.6. The lowest BCUT2D eigenvalue weighted by Gasteiger charge is -2.24. The van der Waals surface area contributed by atoms with Crippen LogP contribution in [0.2, 0.25) is 0 Å². The standard InChI is InChI=1S/C49H102N6O2/c1-3-5-7-9-11-13-15-17-19-21-23-25-27-29-31-35-43-55(44-36-32-30-28-26-24-22-20-18-16-14-12-10-8-6-4-2)48(56)46-54-49(57)47(45-53-42-39-51)37-41-52-40-34-33-38-50/h47,52-53H,3-46,50-51H2,1-2H3,(H,54,57). The van der Waals surface area contributed by atoms with E-state index in [2.05, 4.69) is 34.7 Å². The fourth-order valence-corrected chi connectivity index (χ4v) is 7.98. The number of nitrogens with one attached hydrogen (secondary N) is 3. The van der Waals surface area contributed by atoms with Crippen LogP contribution < -0.4 is 27.4 Å². The van der Waals surface area contributed by atoms with E-state index in [1.54, 1.807) is 0 Å². The summed E-state index contributed by atoms with van der Waals surface area (Å²) in [6, 6.07) is 0. The van der Waals surface area contributed by atoms with Crippen LogP contribution >= 0.6 is 0 Å². The van der Waals surface area contributed by atoms with Crippen LogP contribution in [0.25, 0.3) is 0 Å². The topological polar surface area (TPSA) is 126 Å². The van der Waals surface area contributed by atoms with E-state index in [9.17, 15) is 9.59 Å². The molecular weight excluding hydrogens is 705 g/mol. The molecule has 1 unspecified atom stereocenters. The normalized spacial score (nSPS) is 12.0. The van der Waals surface area contributed by atoms with Gasteiger partial charge in [0.1, 0.15) is 0 Å². The minimum Gasteiger partial charge on any atom is -0.347 e. The molecule has 1 atom stereocenters. The number of nitrogens with zero attached hydrogens (tertiary/aromatic N) is 1. The number of carbonyl (C=O) groups is 2. The smallest absolute Gasteiger partial charge is 0.241 e. The Morgan fingerprint density at radius 2 is 0.825 bits per heavy atom. The molecule has 0 rings (SSSR count). The molecular formula is C49H102N6O2. The zero-order chi connectivity index (χ0) is 41.5. The van der Waals surface area contributed by atoms with Crippen LogP contribution in [0.15, 0.2) is 0 Å². The summed E-state index contributed by atoms with van der Waals surface area (Å²) in [6.07, 6.45) is 45.9. The first-order valence-corrected chi connectivity index (χ1v) is 25.5. The maximum atomic E-state index is 13.5. The first-order valence-electron chi connectivity index (χ1n) is 25.5. The maximum absolute atomic E-state index is 13.5. The van der Waals surface area contributed by atoms with E-state index < -0.39 is 0 Å². The molecule has 0 saturated heterocycles. The highest BCUT2D eigenvalue weighted by Crippen LogP contribution is 2.16. The molecule has 0 aromatic rings. The SMILES string of the molecule is CCCCCCCCCCCCCCCCCCN(CCCCCCCCCCCCCCCCCC)C(=O)CNC(=O)C(CCNCCCCN)CNCCN. The van der Waals surface area contributed by atoms with Crippen molar-refractivity contribution in [3.05, 3.63) is 0 Å². The lowest BCUT2D eigenvalue weighted by molar-refractivity contribution is -0.134. The van der Waals surface area contributed by atoms with Crippen LogP contribution in [-0.2, 0) is 9.59 Å². The summed E-state index contributed by atoms with van der Waals surface area (Å²) >= 11 is 0. The molecule has 0 radical (unpaired) electrons. The van der Waals surface area contributed by atoms with Crippen LogP contribution in [0.5, 0.6) is 0 Å². The van der Waals surface area contributed by atoms with Gasteiger partial charge in [0, 0.05) is 32.7 Å². The van der Waals surface area contributed by atoms with Crippen molar-refractivity contribution in [3.8, 4) is 0 Å². The average molecular weight is 807 g/mol. The Labute approximate surface area is 356 Å². The number of hydrogen-bond donors (Lipinski definition) is 5. The second kappa shape index (κ2) is 47.5. The number of carbonyl (C=O) groups excluding carboxylic acids is 2. The van der Waals surface area contributed by atoms with Gasteiger partial charge in [0.05, 0.1) is 12.5 Å². The summed E-state index contributed by atoms with van der Waals surface area (Å²) in [7, 11) is 0. The molecule has 2 amide bonds. The van der Waals surface area contributed by atoms with Crippen LogP contribution in [0.3, 0.4) is 0 Å². The molecule has 0 aliphatic heterocycles. The number of hydrogen-bond acceptors (Lipinski definition) is 6. The molecule has 0 saturated carbocycles. The van der Waals surface area contributed by atoms with E-state index in [4.69, 9.17) is 11.5 Å². The molecule has 57 heavy (non-hydrogen) atoms. The third-order valence-corrected chi connectivity index (χ3v) is 11.9. The number of nitrogens with two attached hydrogens (primary N) is 2. The fraction of sp³-hybridized carbons (Fsp3) is 0.959. The van der Waals surface area contributed by atoms with Crippen molar-refractivity contribution in [2.24, 2.45) is 17.4 Å². The number of rotatable bonds is 48. The number of amides is 2. The van der Waals surface area contributed by atoms with Crippen LogP contribution in [0, 0.1) is 5.92 Å². The van der Waals surface area contributed by atoms with Crippen LogP contribution in [0.1, 0.15) is 239 Å². The first-order chi connectivity index (χ1) is 28.1. The second-order valence-electron chi connectivity index (χ2n) is 17.4. The predicted molar refractivity (Wildman–Crippen MR) is 250 cm³/mol. The summed E-state index contributed by atoms with van der Waals surface area (Å²) in [6.45, 7) is 10.5. The lowest BCUT2D eigenvalue weighted by atomic mass is 10.0. The van der Waals surface area contributed by atoms with Crippen molar-refractivity contribution in [2.45, 2.75) is 239 Å². The molecule has 0 aromatic carbocycles. The summed E-state index contributed by atoms with van der Waals surface area (Å²) in [5.74, 6) is -0.166. The molecule has 7 N–H and O–H groups in total. The third kappa shape index (κ3) is 41.3. The summed E-state index contributed by atoms with van der Waals surface area (Å²) in [5.41, 5.74) is 11.3. The Bertz CT molecular complexity index is 779. The molecule has 8 nitrogen and oxygen atoms in total. The highest BCUT2D eigenvalue weighted by atomic mass is 16.2. The van der Waals surface area contributed by atoms with Crippen molar-refractivity contribution in [1.82, 2.24) is 20.9 Å². The van der Waals surface area contributed by atoms with Gasteiger partial charge in [0.2, 0.25) is 11.8 Å². The Morgan fingerprint density at radius 3 is 1.19 bits per heavy atom. The Balaban J connectivity index is 4.53. The first kappa shape index (κ1) is 55.8. The second-order valence-corrected chi connectivity index (χ2v) is 17.4. The summed E-state index contributed by atoms with van der Waals surface area (Å²) in [5, 5.41) is 9.77. The minimum atomic E-state index is -0.194. The van der Waals surface area contributed by atoms with E-state index in [0.717, 1.165) is 58.3 Å². The molecule has 0 aromatic heterocycles. The van der Waals surface area contributed by atoms with Crippen molar-refractivity contribution < 1.29 is 9.59 Å². The van der Waals surface area contributed by atoms with E-state index in [1.165, 1.54) is 193 Å². The highest BCUT2D eigenvalue weighted by molar-refractivity contribution is 5.86. The van der Waals surface area contributed by atoms with Gasteiger partial charge in [0.25, 0.3) is 0 Å². The van der Waals surface area contributed by atoms with Gasteiger partial charge < -0.3 is 32.3 Å². The molecule has 8 heteroatoms. The molecule has 0 fully saturated rings. The third-order valence-electron chi connectivity index (χ3n) is 11.9. The quantitative estimate of drug-likeness (QED) is 0.0390. The van der Waals surface area contributed by atoms with Gasteiger partial charge in [-0.1, -0.05) is 206 Å². The predicted octanol–water partition coefficient (Wildman–Crippen LogP) is 11.3. The van der Waals surface area contributed by atoms with Crippen LogP contribution in [-0.4, -0.2) is 75.6 Å². The van der Waals surface area contributed by atoms with Gasteiger partial charge in [-0.2, -0.15) is 0 Å². The number of unbranched alkanes of at least 4 members (excludes halogenated alkanes) is 31. The van der Waals surface area contributed by atoms with Gasteiger partial charge in [-0.3, -0.25) is 9.59 Å². The van der Waals surface area contributed by atoms with Crippen molar-refractivity contribution in [2.75, 3.05) is 58.9 Å². The van der Waals surface area contributed by atoms with E-state index in [0.29, 0.717) is 26.2 Å². The van der Waals surface area contributed by atoms with Crippen molar-refractivity contribution in [1.29, 1.82) is 0 Å². The highest BCUT2D eigenvalue weighted by Gasteiger charge is 2.20. The molecule has 340 valence electrons. The Morgan fingerprint density at radius 1 is 0.439 bits per heavy atom. The van der Waals surface area contributed by atoms with E-state index in [1.807, 2.05) is 0 Å².